The fourth-order valence-corrected chi connectivity index (χ4v) is 2.31. The molecule has 0 aliphatic heterocycles. The van der Waals surface area contributed by atoms with E-state index in [0.29, 0.717) is 4.90 Å². The molecule has 0 aliphatic rings. The van der Waals surface area contributed by atoms with Crippen LogP contribution in [0, 0.1) is 0 Å². The van der Waals surface area contributed by atoms with E-state index in [1.165, 1.54) is 6.20 Å². The minimum absolute atomic E-state index is 0.0879. The van der Waals surface area contributed by atoms with Crippen molar-refractivity contribution in [2.24, 2.45) is 0 Å². The van der Waals surface area contributed by atoms with Gasteiger partial charge in [0.15, 0.2) is 0 Å². The minimum atomic E-state index is -0.929. The number of esters is 1. The second kappa shape index (κ2) is 8.71. The second-order valence-electron chi connectivity index (χ2n) is 6.64. The van der Waals surface area contributed by atoms with Gasteiger partial charge in [-0.2, -0.15) is 0 Å². The first-order chi connectivity index (χ1) is 12.2. The molecule has 26 heavy (non-hydrogen) atoms. The van der Waals surface area contributed by atoms with Crippen LogP contribution in [0.4, 0.5) is 4.79 Å². The van der Waals surface area contributed by atoms with Gasteiger partial charge in [-0.3, -0.25) is 0 Å². The first-order valence-electron chi connectivity index (χ1n) is 8.14. The maximum Gasteiger partial charge on any atom is 0.408 e. The molecule has 6 nitrogen and oxygen atoms in total. The number of aromatic nitrogens is 1. The Morgan fingerprint density at radius 3 is 2.46 bits per heavy atom. The lowest BCUT2D eigenvalue weighted by Crippen LogP contribution is -2.46. The molecule has 1 heterocycles. The Bertz CT molecular complexity index is 760. The van der Waals surface area contributed by atoms with Crippen molar-refractivity contribution in [1.29, 1.82) is 0 Å². The topological polar surface area (TPSA) is 77.5 Å². The molecule has 1 amide bonds. The van der Waals surface area contributed by atoms with Crippen LogP contribution in [-0.4, -0.2) is 28.7 Å². The van der Waals surface area contributed by atoms with Crippen LogP contribution in [0.25, 0.3) is 0 Å². The van der Waals surface area contributed by atoms with Crippen LogP contribution >= 0.6 is 12.6 Å². The highest BCUT2D eigenvalue weighted by Crippen LogP contribution is 2.19. The van der Waals surface area contributed by atoms with Gasteiger partial charge in [-0.05, 0) is 38.5 Å². The lowest BCUT2D eigenvalue weighted by Gasteiger charge is -2.23. The summed E-state index contributed by atoms with van der Waals surface area (Å²) >= 11 is 4.21. The number of thiol groups is 1. The molecule has 0 aliphatic carbocycles. The van der Waals surface area contributed by atoms with Gasteiger partial charge in [-0.15, -0.1) is 12.6 Å². The predicted octanol–water partition coefficient (Wildman–Crippen LogP) is 3.41. The number of rotatable bonds is 5. The van der Waals surface area contributed by atoms with Crippen LogP contribution in [0.15, 0.2) is 53.6 Å². The number of carbonyl (C=O) groups excluding carboxylic acids is 2. The van der Waals surface area contributed by atoms with Gasteiger partial charge in [0.05, 0.1) is 4.90 Å². The summed E-state index contributed by atoms with van der Waals surface area (Å²) in [5, 5.41) is 2.57. The highest BCUT2D eigenvalue weighted by atomic mass is 32.1. The molecular weight excluding hydrogens is 352 g/mol. The van der Waals surface area contributed by atoms with E-state index in [4.69, 9.17) is 9.47 Å². The average molecular weight is 374 g/mol. The lowest BCUT2D eigenvalue weighted by molar-refractivity contribution is -0.137. The van der Waals surface area contributed by atoms with Crippen LogP contribution in [0.2, 0.25) is 0 Å². The van der Waals surface area contributed by atoms with Gasteiger partial charge < -0.3 is 14.8 Å². The number of hydrogen-bond acceptors (Lipinski definition) is 6. The lowest BCUT2D eigenvalue weighted by atomic mass is 10.1. The Hall–Kier alpha value is -2.54. The number of nitrogens with one attached hydrogen (secondary N) is 1. The van der Waals surface area contributed by atoms with Crippen LogP contribution in [-0.2, 0) is 16.0 Å². The summed E-state index contributed by atoms with van der Waals surface area (Å²) in [5.41, 5.74) is 0.197. The molecule has 1 N–H and O–H groups in total. The summed E-state index contributed by atoms with van der Waals surface area (Å²) in [6.45, 7) is 5.24. The summed E-state index contributed by atoms with van der Waals surface area (Å²) in [5.74, 6) is -0.557. The van der Waals surface area contributed by atoms with Gasteiger partial charge in [0.2, 0.25) is 5.88 Å². The van der Waals surface area contributed by atoms with E-state index in [0.717, 1.165) is 5.56 Å². The zero-order valence-corrected chi connectivity index (χ0v) is 15.8. The molecule has 0 saturated heterocycles. The summed E-state index contributed by atoms with van der Waals surface area (Å²) < 4.78 is 10.6. The maximum absolute atomic E-state index is 12.6. The number of nitrogens with zero attached hydrogens (tertiary/aromatic N) is 1. The number of carbonyl (C=O) groups is 2. The van der Waals surface area contributed by atoms with Gasteiger partial charge in [0.1, 0.15) is 11.6 Å². The maximum atomic E-state index is 12.6. The average Bonchev–Trinajstić information content (AvgIpc) is 2.55. The Morgan fingerprint density at radius 1 is 1.15 bits per heavy atom. The molecule has 2 rings (SSSR count). The van der Waals surface area contributed by atoms with E-state index in [-0.39, 0.29) is 12.3 Å². The molecule has 0 bridgehead atoms. The molecule has 0 spiro atoms. The molecule has 7 heteroatoms. The Balaban J connectivity index is 2.14. The number of amides is 1. The largest absolute Gasteiger partial charge is 0.444 e. The third kappa shape index (κ3) is 6.40. The fourth-order valence-electron chi connectivity index (χ4n) is 2.12. The van der Waals surface area contributed by atoms with Crippen molar-refractivity contribution in [2.45, 2.75) is 43.7 Å². The molecule has 1 atom stereocenters. The number of pyridine rings is 1. The standard InChI is InChI=1S/C19H22N2O4S/c1-19(2,3)25-18(23)21-14(12-13-8-5-4-6-9-13)17(22)24-16-15(26)10-7-11-20-16/h4-11,14,26H,12H2,1-3H3,(H,21,23). The number of hydrogen-bond donors (Lipinski definition) is 2. The smallest absolute Gasteiger partial charge is 0.408 e. The fraction of sp³-hybridized carbons (Fsp3) is 0.316. The monoisotopic (exact) mass is 374 g/mol. The van der Waals surface area contributed by atoms with Crippen LogP contribution in [0.1, 0.15) is 26.3 Å². The van der Waals surface area contributed by atoms with Crippen LogP contribution in [0.5, 0.6) is 5.88 Å². The van der Waals surface area contributed by atoms with Gasteiger partial charge >= 0.3 is 12.1 Å². The molecule has 0 saturated carbocycles. The van der Waals surface area contributed by atoms with Crippen molar-refractivity contribution < 1.29 is 19.1 Å². The van der Waals surface area contributed by atoms with Crippen LogP contribution in [0.3, 0.4) is 0 Å². The minimum Gasteiger partial charge on any atom is -0.444 e. The van der Waals surface area contributed by atoms with Gasteiger partial charge in [-0.1, -0.05) is 30.3 Å². The number of alkyl carbamates (subject to hydrolysis) is 1. The summed E-state index contributed by atoms with van der Waals surface area (Å²) in [6, 6.07) is 11.7. The Labute approximate surface area is 158 Å². The molecule has 0 fully saturated rings. The van der Waals surface area contributed by atoms with Crippen LogP contribution < -0.4 is 10.1 Å². The number of ether oxygens (including phenoxy) is 2. The Morgan fingerprint density at radius 2 is 1.85 bits per heavy atom. The molecule has 0 radical (unpaired) electrons. The normalized spacial score (nSPS) is 12.2. The van der Waals surface area contributed by atoms with E-state index in [9.17, 15) is 9.59 Å². The van der Waals surface area contributed by atoms with E-state index in [1.807, 2.05) is 30.3 Å². The highest BCUT2D eigenvalue weighted by molar-refractivity contribution is 7.80. The van der Waals surface area contributed by atoms with Crippen molar-refractivity contribution in [3.05, 3.63) is 54.2 Å². The van der Waals surface area contributed by atoms with Crippen molar-refractivity contribution >= 4 is 24.7 Å². The third-order valence-electron chi connectivity index (χ3n) is 3.21. The molecule has 2 aromatic rings. The van der Waals surface area contributed by atoms with Crippen molar-refractivity contribution in [3.8, 4) is 5.88 Å². The van der Waals surface area contributed by atoms with Crippen molar-refractivity contribution in [3.63, 3.8) is 0 Å². The van der Waals surface area contributed by atoms with E-state index in [1.54, 1.807) is 32.9 Å². The Kier molecular flexibility index (Phi) is 6.63. The SMILES string of the molecule is CC(C)(C)OC(=O)NC(Cc1ccccc1)C(=O)Oc1ncccc1S. The summed E-state index contributed by atoms with van der Waals surface area (Å²) in [6.07, 6.45) is 1.06. The first-order valence-corrected chi connectivity index (χ1v) is 8.58. The quantitative estimate of drug-likeness (QED) is 0.619. The third-order valence-corrected chi connectivity index (χ3v) is 3.55. The molecule has 1 aromatic heterocycles. The van der Waals surface area contributed by atoms with E-state index < -0.39 is 23.7 Å². The van der Waals surface area contributed by atoms with Gasteiger partial charge in [0, 0.05) is 12.6 Å². The zero-order valence-electron chi connectivity index (χ0n) is 14.9. The predicted molar refractivity (Wildman–Crippen MR) is 100 cm³/mol. The summed E-state index contributed by atoms with van der Waals surface area (Å²) in [4.78, 5) is 29.1. The second-order valence-corrected chi connectivity index (χ2v) is 7.12. The molecule has 1 unspecified atom stereocenters. The van der Waals surface area contributed by atoms with Crippen molar-refractivity contribution in [1.82, 2.24) is 10.3 Å². The van der Waals surface area contributed by atoms with E-state index >= 15 is 0 Å². The molecule has 1 aromatic carbocycles. The number of benzene rings is 1. The molecule has 138 valence electrons. The highest BCUT2D eigenvalue weighted by Gasteiger charge is 2.27. The first kappa shape index (κ1) is 19.8. The van der Waals surface area contributed by atoms with Gasteiger partial charge in [0.25, 0.3) is 0 Å². The summed E-state index contributed by atoms with van der Waals surface area (Å²) in [7, 11) is 0. The van der Waals surface area contributed by atoms with Gasteiger partial charge in [-0.25, -0.2) is 14.6 Å². The zero-order chi connectivity index (χ0) is 19.2. The van der Waals surface area contributed by atoms with E-state index in [2.05, 4.69) is 22.9 Å². The molecular formula is C19H22N2O4S. The van der Waals surface area contributed by atoms with Crippen molar-refractivity contribution in [2.75, 3.05) is 0 Å².